The molecular weight excluding hydrogens is 304 g/mol. The van der Waals surface area contributed by atoms with E-state index >= 15 is 0 Å². The summed E-state index contributed by atoms with van der Waals surface area (Å²) < 4.78 is 0.981. The highest BCUT2D eigenvalue weighted by atomic mass is 79.9. The van der Waals surface area contributed by atoms with Crippen molar-refractivity contribution in [3.8, 4) is 11.4 Å². The Bertz CT molecular complexity index is 770. The zero-order valence-electron chi connectivity index (χ0n) is 10.3. The molecule has 0 aliphatic rings. The zero-order valence-corrected chi connectivity index (χ0v) is 11.8. The molecule has 0 radical (unpaired) electrons. The molecule has 94 valence electrons. The molecule has 2 heterocycles. The molecule has 0 unspecified atom stereocenters. The number of hydrogen-bond acceptors (Lipinski definition) is 4. The lowest BCUT2D eigenvalue weighted by Gasteiger charge is -2.06. The maximum absolute atomic E-state index is 6.01. The predicted octanol–water partition coefficient (Wildman–Crippen LogP) is 3.34. The lowest BCUT2D eigenvalue weighted by molar-refractivity contribution is 1.18. The van der Waals surface area contributed by atoms with Crippen LogP contribution in [0.25, 0.3) is 22.3 Å². The Morgan fingerprint density at radius 1 is 1.16 bits per heavy atom. The third-order valence-electron chi connectivity index (χ3n) is 2.83. The summed E-state index contributed by atoms with van der Waals surface area (Å²) in [5.41, 5.74) is 8.59. The molecule has 1 aromatic carbocycles. The number of halogens is 1. The summed E-state index contributed by atoms with van der Waals surface area (Å²) in [5.74, 6) is 1.09. The molecule has 2 aromatic heterocycles. The fourth-order valence-corrected chi connectivity index (χ4v) is 2.32. The van der Waals surface area contributed by atoms with Crippen LogP contribution in [0.15, 0.2) is 41.0 Å². The van der Waals surface area contributed by atoms with Gasteiger partial charge in [-0.1, -0.05) is 28.1 Å². The number of benzene rings is 1. The van der Waals surface area contributed by atoms with Crippen LogP contribution in [0.5, 0.6) is 0 Å². The number of aromatic nitrogens is 3. The monoisotopic (exact) mass is 314 g/mol. The van der Waals surface area contributed by atoms with E-state index in [-0.39, 0.29) is 0 Å². The quantitative estimate of drug-likeness (QED) is 0.748. The van der Waals surface area contributed by atoms with Gasteiger partial charge in [-0.3, -0.25) is 4.98 Å². The van der Waals surface area contributed by atoms with E-state index in [1.807, 2.05) is 37.3 Å². The molecule has 0 aliphatic heterocycles. The van der Waals surface area contributed by atoms with Gasteiger partial charge in [0.2, 0.25) is 0 Å². The van der Waals surface area contributed by atoms with Gasteiger partial charge in [0.1, 0.15) is 5.82 Å². The molecule has 0 saturated carbocycles. The molecule has 0 saturated heterocycles. The number of anilines is 1. The minimum absolute atomic E-state index is 0.477. The summed E-state index contributed by atoms with van der Waals surface area (Å²) >= 11 is 3.44. The van der Waals surface area contributed by atoms with Gasteiger partial charge in [-0.15, -0.1) is 0 Å². The maximum atomic E-state index is 6.01. The summed E-state index contributed by atoms with van der Waals surface area (Å²) in [4.78, 5) is 13.1. The number of hydrogen-bond donors (Lipinski definition) is 1. The van der Waals surface area contributed by atoms with E-state index in [9.17, 15) is 0 Å². The van der Waals surface area contributed by atoms with Gasteiger partial charge in [0, 0.05) is 21.1 Å². The molecule has 2 N–H and O–H groups in total. The average molecular weight is 315 g/mol. The summed E-state index contributed by atoms with van der Waals surface area (Å²) in [7, 11) is 0. The van der Waals surface area contributed by atoms with E-state index in [0.29, 0.717) is 11.6 Å². The average Bonchev–Trinajstić information content (AvgIpc) is 2.39. The third-order valence-corrected chi connectivity index (χ3v) is 3.32. The second kappa shape index (κ2) is 4.59. The largest absolute Gasteiger partial charge is 0.383 e. The Labute approximate surface area is 118 Å². The minimum atomic E-state index is 0.477. The van der Waals surface area contributed by atoms with Crippen molar-refractivity contribution >= 4 is 32.7 Å². The van der Waals surface area contributed by atoms with Crippen LogP contribution in [0.2, 0.25) is 0 Å². The van der Waals surface area contributed by atoms with Crippen LogP contribution in [-0.2, 0) is 0 Å². The van der Waals surface area contributed by atoms with Gasteiger partial charge in [0.15, 0.2) is 5.82 Å². The van der Waals surface area contributed by atoms with Crippen LogP contribution in [0, 0.1) is 6.92 Å². The lowest BCUT2D eigenvalue weighted by Crippen LogP contribution is -1.99. The smallest absolute Gasteiger partial charge is 0.162 e. The fourth-order valence-electron chi connectivity index (χ4n) is 1.92. The summed E-state index contributed by atoms with van der Waals surface area (Å²) in [5, 5.41) is 0.839. The minimum Gasteiger partial charge on any atom is -0.383 e. The molecule has 5 heteroatoms. The van der Waals surface area contributed by atoms with Gasteiger partial charge in [-0.25, -0.2) is 9.97 Å². The van der Waals surface area contributed by atoms with Crippen LogP contribution >= 0.6 is 15.9 Å². The number of fused-ring (bicyclic) bond motifs is 1. The highest BCUT2D eigenvalue weighted by Gasteiger charge is 2.08. The summed E-state index contributed by atoms with van der Waals surface area (Å²) in [6.07, 6.45) is 1.73. The first kappa shape index (κ1) is 12.0. The van der Waals surface area contributed by atoms with Crippen molar-refractivity contribution in [1.82, 2.24) is 15.0 Å². The van der Waals surface area contributed by atoms with Crippen molar-refractivity contribution in [2.75, 3.05) is 5.73 Å². The molecule has 4 nitrogen and oxygen atoms in total. The predicted molar refractivity (Wildman–Crippen MR) is 79.6 cm³/mol. The van der Waals surface area contributed by atoms with E-state index in [1.165, 1.54) is 0 Å². The highest BCUT2D eigenvalue weighted by molar-refractivity contribution is 9.10. The number of aryl methyl sites for hydroxylation is 1. The summed E-state index contributed by atoms with van der Waals surface area (Å²) in [6.45, 7) is 1.92. The number of nitrogens with two attached hydrogens (primary N) is 1. The van der Waals surface area contributed by atoms with E-state index in [4.69, 9.17) is 5.73 Å². The van der Waals surface area contributed by atoms with Crippen LogP contribution in [0.1, 0.15) is 5.69 Å². The highest BCUT2D eigenvalue weighted by Crippen LogP contribution is 2.24. The molecular formula is C14H11BrN4. The van der Waals surface area contributed by atoms with E-state index < -0.39 is 0 Å². The SMILES string of the molecule is Cc1cc2c(N)nc(-c3cccc(Br)c3)nc2cn1. The first-order valence-electron chi connectivity index (χ1n) is 5.79. The van der Waals surface area contributed by atoms with Crippen molar-refractivity contribution in [1.29, 1.82) is 0 Å². The number of nitrogen functional groups attached to an aromatic ring is 1. The van der Waals surface area contributed by atoms with Gasteiger partial charge in [-0.2, -0.15) is 0 Å². The lowest BCUT2D eigenvalue weighted by atomic mass is 10.2. The molecule has 0 aliphatic carbocycles. The van der Waals surface area contributed by atoms with Crippen molar-refractivity contribution in [3.63, 3.8) is 0 Å². The molecule has 0 amide bonds. The van der Waals surface area contributed by atoms with Gasteiger partial charge >= 0.3 is 0 Å². The topological polar surface area (TPSA) is 64.7 Å². The summed E-state index contributed by atoms with van der Waals surface area (Å²) in [6, 6.07) is 9.71. The molecule has 0 spiro atoms. The second-order valence-electron chi connectivity index (χ2n) is 4.29. The molecule has 0 atom stereocenters. The Kier molecular flexibility index (Phi) is 2.91. The first-order valence-corrected chi connectivity index (χ1v) is 6.58. The van der Waals surface area contributed by atoms with Gasteiger partial charge < -0.3 is 5.73 Å². The van der Waals surface area contributed by atoms with Crippen molar-refractivity contribution in [2.45, 2.75) is 6.92 Å². The Hall–Kier alpha value is -2.01. The van der Waals surface area contributed by atoms with Gasteiger partial charge in [0.25, 0.3) is 0 Å². The van der Waals surface area contributed by atoms with Crippen molar-refractivity contribution < 1.29 is 0 Å². The third kappa shape index (κ3) is 2.29. The van der Waals surface area contributed by atoms with Crippen LogP contribution in [0.3, 0.4) is 0 Å². The zero-order chi connectivity index (χ0) is 13.4. The number of pyridine rings is 1. The van der Waals surface area contributed by atoms with E-state index in [2.05, 4.69) is 30.9 Å². The van der Waals surface area contributed by atoms with Crippen LogP contribution in [-0.4, -0.2) is 15.0 Å². The fraction of sp³-hybridized carbons (Fsp3) is 0.0714. The van der Waals surface area contributed by atoms with Crippen molar-refractivity contribution in [2.24, 2.45) is 0 Å². The van der Waals surface area contributed by atoms with Crippen LogP contribution in [0.4, 0.5) is 5.82 Å². The maximum Gasteiger partial charge on any atom is 0.162 e. The number of nitrogens with zero attached hydrogens (tertiary/aromatic N) is 3. The Morgan fingerprint density at radius 2 is 2.00 bits per heavy atom. The molecule has 3 rings (SSSR count). The molecule has 0 fully saturated rings. The normalized spacial score (nSPS) is 10.8. The van der Waals surface area contributed by atoms with Crippen LogP contribution < -0.4 is 5.73 Å². The Balaban J connectivity index is 2.24. The first-order chi connectivity index (χ1) is 9.13. The van der Waals surface area contributed by atoms with Crippen molar-refractivity contribution in [3.05, 3.63) is 46.7 Å². The van der Waals surface area contributed by atoms with Gasteiger partial charge in [-0.05, 0) is 25.1 Å². The number of rotatable bonds is 1. The van der Waals surface area contributed by atoms with E-state index in [0.717, 1.165) is 26.6 Å². The molecule has 19 heavy (non-hydrogen) atoms. The van der Waals surface area contributed by atoms with E-state index in [1.54, 1.807) is 6.20 Å². The standard InChI is InChI=1S/C14H11BrN4/c1-8-5-11-12(7-17-8)18-14(19-13(11)16)9-3-2-4-10(15)6-9/h2-7H,1H3,(H2,16,18,19). The Morgan fingerprint density at radius 3 is 2.79 bits per heavy atom. The second-order valence-corrected chi connectivity index (χ2v) is 5.20. The molecule has 0 bridgehead atoms. The molecule has 3 aromatic rings. The van der Waals surface area contributed by atoms with Gasteiger partial charge in [0.05, 0.1) is 11.7 Å².